The SMILES string of the molecule is CCCCNC(=O)[C@@H](Cc1ccccc1)N(Cc1ccccc1)C(=O)CCCN(c1cccc(Cl)c1)S(C)(=O)=O. The molecule has 3 rings (SSSR count). The van der Waals surface area contributed by atoms with Gasteiger partial charge in [0.05, 0.1) is 11.9 Å². The van der Waals surface area contributed by atoms with Crippen LogP contribution >= 0.6 is 11.6 Å². The van der Waals surface area contributed by atoms with Crippen molar-refractivity contribution in [2.45, 2.75) is 51.6 Å². The van der Waals surface area contributed by atoms with Crippen molar-refractivity contribution >= 4 is 39.1 Å². The van der Waals surface area contributed by atoms with Gasteiger partial charge in [-0.3, -0.25) is 13.9 Å². The van der Waals surface area contributed by atoms with Crippen LogP contribution in [0.4, 0.5) is 5.69 Å². The van der Waals surface area contributed by atoms with Gasteiger partial charge in [0.15, 0.2) is 0 Å². The Labute approximate surface area is 243 Å². The third-order valence-electron chi connectivity index (χ3n) is 6.54. The quantitative estimate of drug-likeness (QED) is 0.241. The van der Waals surface area contributed by atoms with Crippen molar-refractivity contribution in [1.29, 1.82) is 0 Å². The summed E-state index contributed by atoms with van der Waals surface area (Å²) in [5, 5.41) is 3.44. The Kier molecular flexibility index (Phi) is 12.0. The van der Waals surface area contributed by atoms with Gasteiger partial charge in [0.25, 0.3) is 0 Å². The van der Waals surface area contributed by atoms with E-state index in [0.717, 1.165) is 30.2 Å². The first kappa shape index (κ1) is 31.2. The number of benzene rings is 3. The van der Waals surface area contributed by atoms with E-state index in [1.165, 1.54) is 4.31 Å². The van der Waals surface area contributed by atoms with E-state index in [1.807, 2.05) is 60.7 Å². The monoisotopic (exact) mass is 583 g/mol. The zero-order chi connectivity index (χ0) is 29.0. The summed E-state index contributed by atoms with van der Waals surface area (Å²) in [5.41, 5.74) is 2.31. The average molecular weight is 584 g/mol. The molecule has 2 amide bonds. The highest BCUT2D eigenvalue weighted by Gasteiger charge is 2.30. The van der Waals surface area contributed by atoms with Crippen LogP contribution in [-0.2, 0) is 32.6 Å². The summed E-state index contributed by atoms with van der Waals surface area (Å²) in [6.45, 7) is 2.97. The molecular formula is C31H38ClN3O4S. The normalized spacial score (nSPS) is 12.0. The molecule has 0 saturated heterocycles. The molecule has 3 aromatic rings. The molecule has 0 aliphatic carbocycles. The van der Waals surface area contributed by atoms with E-state index in [2.05, 4.69) is 12.2 Å². The van der Waals surface area contributed by atoms with Gasteiger partial charge in [-0.1, -0.05) is 91.7 Å². The molecule has 3 aromatic carbocycles. The van der Waals surface area contributed by atoms with Crippen LogP contribution in [-0.4, -0.2) is 50.5 Å². The summed E-state index contributed by atoms with van der Waals surface area (Å²) in [5.74, 6) is -0.409. The van der Waals surface area contributed by atoms with Gasteiger partial charge in [0.2, 0.25) is 21.8 Å². The lowest BCUT2D eigenvalue weighted by Gasteiger charge is -2.32. The van der Waals surface area contributed by atoms with Crippen LogP contribution in [0.2, 0.25) is 5.02 Å². The number of unbranched alkanes of at least 4 members (excludes halogenated alkanes) is 1. The molecule has 0 saturated carbocycles. The van der Waals surface area contributed by atoms with Crippen molar-refractivity contribution in [3.8, 4) is 0 Å². The molecule has 1 atom stereocenters. The molecule has 40 heavy (non-hydrogen) atoms. The number of carbonyl (C=O) groups excluding carboxylic acids is 2. The van der Waals surface area contributed by atoms with Crippen LogP contribution in [0.5, 0.6) is 0 Å². The summed E-state index contributed by atoms with van der Waals surface area (Å²) in [6, 6.07) is 25.1. The van der Waals surface area contributed by atoms with E-state index in [4.69, 9.17) is 11.6 Å². The van der Waals surface area contributed by atoms with Crippen molar-refractivity contribution in [3.63, 3.8) is 0 Å². The molecule has 1 N–H and O–H groups in total. The van der Waals surface area contributed by atoms with E-state index >= 15 is 0 Å². The molecule has 0 bridgehead atoms. The molecule has 0 spiro atoms. The number of sulfonamides is 1. The highest BCUT2D eigenvalue weighted by molar-refractivity contribution is 7.92. The van der Waals surface area contributed by atoms with Crippen LogP contribution in [0.15, 0.2) is 84.9 Å². The van der Waals surface area contributed by atoms with Gasteiger partial charge in [-0.25, -0.2) is 8.42 Å². The number of amides is 2. The second-order valence-corrected chi connectivity index (χ2v) is 12.1. The molecule has 0 heterocycles. The summed E-state index contributed by atoms with van der Waals surface area (Å²) >= 11 is 6.10. The Morgan fingerprint density at radius 2 is 1.55 bits per heavy atom. The fraction of sp³-hybridized carbons (Fsp3) is 0.355. The number of anilines is 1. The Morgan fingerprint density at radius 1 is 0.900 bits per heavy atom. The Bertz CT molecular complexity index is 1340. The minimum atomic E-state index is -3.60. The number of rotatable bonds is 15. The predicted octanol–water partition coefficient (Wildman–Crippen LogP) is 5.44. The van der Waals surface area contributed by atoms with Crippen LogP contribution in [0.1, 0.15) is 43.7 Å². The van der Waals surface area contributed by atoms with Gasteiger partial charge in [0.1, 0.15) is 6.04 Å². The highest BCUT2D eigenvalue weighted by Crippen LogP contribution is 2.23. The molecule has 0 radical (unpaired) electrons. The lowest BCUT2D eigenvalue weighted by atomic mass is 10.0. The zero-order valence-electron chi connectivity index (χ0n) is 23.1. The van der Waals surface area contributed by atoms with E-state index in [-0.39, 0.29) is 37.7 Å². The number of hydrogen-bond acceptors (Lipinski definition) is 4. The maximum absolute atomic E-state index is 13.8. The molecule has 0 aliphatic heterocycles. The third kappa shape index (κ3) is 9.68. The average Bonchev–Trinajstić information content (AvgIpc) is 2.93. The van der Waals surface area contributed by atoms with Crippen molar-refractivity contribution in [2.75, 3.05) is 23.7 Å². The zero-order valence-corrected chi connectivity index (χ0v) is 24.7. The summed E-state index contributed by atoms with van der Waals surface area (Å²) < 4.78 is 26.4. The summed E-state index contributed by atoms with van der Waals surface area (Å²) in [6.07, 6.45) is 3.65. The first-order valence-electron chi connectivity index (χ1n) is 13.6. The molecule has 9 heteroatoms. The molecular weight excluding hydrogens is 546 g/mol. The first-order valence-corrected chi connectivity index (χ1v) is 15.8. The minimum absolute atomic E-state index is 0.0763. The van der Waals surface area contributed by atoms with Crippen molar-refractivity contribution in [1.82, 2.24) is 10.2 Å². The van der Waals surface area contributed by atoms with E-state index in [0.29, 0.717) is 23.7 Å². The molecule has 0 unspecified atom stereocenters. The minimum Gasteiger partial charge on any atom is -0.354 e. The molecule has 214 valence electrons. The van der Waals surface area contributed by atoms with Crippen LogP contribution in [0.25, 0.3) is 0 Å². The molecule has 0 aliphatic rings. The van der Waals surface area contributed by atoms with Crippen LogP contribution in [0, 0.1) is 0 Å². The Balaban J connectivity index is 1.84. The first-order chi connectivity index (χ1) is 19.2. The van der Waals surface area contributed by atoms with Crippen LogP contribution in [0.3, 0.4) is 0 Å². The largest absolute Gasteiger partial charge is 0.354 e. The van der Waals surface area contributed by atoms with E-state index in [1.54, 1.807) is 29.2 Å². The Hall–Kier alpha value is -3.36. The van der Waals surface area contributed by atoms with Gasteiger partial charge in [-0.05, 0) is 42.2 Å². The summed E-state index contributed by atoms with van der Waals surface area (Å²) in [4.78, 5) is 28.9. The van der Waals surface area contributed by atoms with Gasteiger partial charge in [-0.15, -0.1) is 0 Å². The second kappa shape index (κ2) is 15.4. The lowest BCUT2D eigenvalue weighted by molar-refractivity contribution is -0.141. The predicted molar refractivity (Wildman–Crippen MR) is 162 cm³/mol. The standard InChI is InChI=1S/C31H38ClN3O4S/c1-3-4-20-33-31(37)29(22-25-13-7-5-8-14-25)34(24-26-15-9-6-10-16-26)30(36)19-12-21-35(40(2,38)39)28-18-11-17-27(32)23-28/h5-11,13-18,23,29H,3-4,12,19-22,24H2,1-2H3,(H,33,37)/t29-/m1/s1. The van der Waals surface area contributed by atoms with Gasteiger partial charge in [-0.2, -0.15) is 0 Å². The number of nitrogens with zero attached hydrogens (tertiary/aromatic N) is 2. The number of carbonyl (C=O) groups is 2. The second-order valence-electron chi connectivity index (χ2n) is 9.78. The number of hydrogen-bond donors (Lipinski definition) is 1. The van der Waals surface area contributed by atoms with Crippen LogP contribution < -0.4 is 9.62 Å². The fourth-order valence-electron chi connectivity index (χ4n) is 4.48. The molecule has 0 aromatic heterocycles. The van der Waals surface area contributed by atoms with Crippen molar-refractivity contribution in [3.05, 3.63) is 101 Å². The van der Waals surface area contributed by atoms with Gasteiger partial charge >= 0.3 is 0 Å². The molecule has 0 fully saturated rings. The highest BCUT2D eigenvalue weighted by atomic mass is 35.5. The fourth-order valence-corrected chi connectivity index (χ4v) is 5.62. The molecule has 7 nitrogen and oxygen atoms in total. The third-order valence-corrected chi connectivity index (χ3v) is 7.97. The number of halogens is 1. The summed E-state index contributed by atoms with van der Waals surface area (Å²) in [7, 11) is -3.60. The smallest absolute Gasteiger partial charge is 0.243 e. The number of nitrogens with one attached hydrogen (secondary N) is 1. The van der Waals surface area contributed by atoms with Gasteiger partial charge < -0.3 is 10.2 Å². The lowest BCUT2D eigenvalue weighted by Crippen LogP contribution is -2.50. The van der Waals surface area contributed by atoms with E-state index in [9.17, 15) is 18.0 Å². The Morgan fingerprint density at radius 3 is 2.15 bits per heavy atom. The van der Waals surface area contributed by atoms with E-state index < -0.39 is 16.1 Å². The topological polar surface area (TPSA) is 86.8 Å². The van der Waals surface area contributed by atoms with Crippen molar-refractivity contribution in [2.24, 2.45) is 0 Å². The maximum atomic E-state index is 13.8. The van der Waals surface area contributed by atoms with Gasteiger partial charge in [0, 0.05) is 37.5 Å². The maximum Gasteiger partial charge on any atom is 0.243 e. The van der Waals surface area contributed by atoms with Crippen molar-refractivity contribution < 1.29 is 18.0 Å².